The number of hydrogen-bond acceptors (Lipinski definition) is 1. The zero-order valence-corrected chi connectivity index (χ0v) is 8.59. The van der Waals surface area contributed by atoms with Crippen LogP contribution < -0.4 is 0 Å². The molecule has 1 heterocycles. The first-order valence-corrected chi connectivity index (χ1v) is 5.25. The minimum absolute atomic E-state index is 0.0203. The SMILES string of the molecule is CN1Cc2c(ccc(F)c2C2CC2)C1=O. The molecule has 0 unspecified atom stereocenters. The van der Waals surface area contributed by atoms with Crippen LogP contribution in [0.25, 0.3) is 0 Å². The summed E-state index contributed by atoms with van der Waals surface area (Å²) in [7, 11) is 1.76. The predicted octanol–water partition coefficient (Wildman–Crippen LogP) is 2.29. The van der Waals surface area contributed by atoms with Gasteiger partial charge in [-0.1, -0.05) is 0 Å². The lowest BCUT2D eigenvalue weighted by Gasteiger charge is -2.07. The van der Waals surface area contributed by atoms with Crippen LogP contribution in [0.3, 0.4) is 0 Å². The van der Waals surface area contributed by atoms with Crippen molar-refractivity contribution in [1.82, 2.24) is 4.90 Å². The highest BCUT2D eigenvalue weighted by molar-refractivity contribution is 5.98. The molecule has 0 N–H and O–H groups in total. The fourth-order valence-corrected chi connectivity index (χ4v) is 2.33. The van der Waals surface area contributed by atoms with E-state index < -0.39 is 0 Å². The maximum atomic E-state index is 13.7. The summed E-state index contributed by atoms with van der Waals surface area (Å²) in [5.74, 6) is 0.241. The second kappa shape index (κ2) is 2.81. The van der Waals surface area contributed by atoms with E-state index in [1.807, 2.05) is 0 Å². The Kier molecular flexibility index (Phi) is 1.67. The molecule has 1 aromatic rings. The van der Waals surface area contributed by atoms with Crippen LogP contribution in [0, 0.1) is 5.82 Å². The van der Waals surface area contributed by atoms with Crippen molar-refractivity contribution in [2.24, 2.45) is 0 Å². The molecule has 2 aliphatic rings. The molecule has 0 atom stereocenters. The average molecular weight is 205 g/mol. The van der Waals surface area contributed by atoms with Crippen LogP contribution in [-0.2, 0) is 6.54 Å². The molecule has 1 saturated carbocycles. The van der Waals surface area contributed by atoms with Gasteiger partial charge in [0.2, 0.25) is 0 Å². The summed E-state index contributed by atoms with van der Waals surface area (Å²) in [5.41, 5.74) is 2.41. The van der Waals surface area contributed by atoms with Gasteiger partial charge in [-0.15, -0.1) is 0 Å². The largest absolute Gasteiger partial charge is 0.337 e. The topological polar surface area (TPSA) is 20.3 Å². The Morgan fingerprint density at radius 1 is 1.40 bits per heavy atom. The molecule has 0 spiro atoms. The van der Waals surface area contributed by atoms with Crippen molar-refractivity contribution in [3.63, 3.8) is 0 Å². The monoisotopic (exact) mass is 205 g/mol. The van der Waals surface area contributed by atoms with Gasteiger partial charge in [-0.2, -0.15) is 0 Å². The van der Waals surface area contributed by atoms with Crippen LogP contribution >= 0.6 is 0 Å². The van der Waals surface area contributed by atoms with E-state index in [1.54, 1.807) is 18.0 Å². The van der Waals surface area contributed by atoms with Crippen molar-refractivity contribution in [3.8, 4) is 0 Å². The number of benzene rings is 1. The van der Waals surface area contributed by atoms with Crippen molar-refractivity contribution in [1.29, 1.82) is 0 Å². The van der Waals surface area contributed by atoms with Crippen molar-refractivity contribution in [3.05, 3.63) is 34.6 Å². The lowest BCUT2D eigenvalue weighted by molar-refractivity contribution is 0.0816. The fourth-order valence-electron chi connectivity index (χ4n) is 2.33. The molecule has 0 bridgehead atoms. The molecule has 0 aromatic heterocycles. The molecule has 1 amide bonds. The van der Waals surface area contributed by atoms with Crippen LogP contribution in [-0.4, -0.2) is 17.9 Å². The normalized spacial score (nSPS) is 19.6. The van der Waals surface area contributed by atoms with Crippen molar-refractivity contribution < 1.29 is 9.18 Å². The smallest absolute Gasteiger partial charge is 0.254 e. The van der Waals surface area contributed by atoms with Crippen LogP contribution in [0.15, 0.2) is 12.1 Å². The molecule has 3 heteroatoms. The first kappa shape index (κ1) is 8.89. The van der Waals surface area contributed by atoms with Gasteiger partial charge in [-0.25, -0.2) is 4.39 Å². The number of carbonyl (C=O) groups is 1. The Bertz CT molecular complexity index is 451. The Morgan fingerprint density at radius 2 is 2.13 bits per heavy atom. The van der Waals surface area contributed by atoms with Gasteiger partial charge in [0, 0.05) is 19.2 Å². The van der Waals surface area contributed by atoms with Gasteiger partial charge in [-0.3, -0.25) is 4.79 Å². The van der Waals surface area contributed by atoms with E-state index in [-0.39, 0.29) is 11.7 Å². The lowest BCUT2D eigenvalue weighted by atomic mass is 9.99. The average Bonchev–Trinajstić information content (AvgIpc) is 2.97. The van der Waals surface area contributed by atoms with Crippen molar-refractivity contribution >= 4 is 5.91 Å². The maximum absolute atomic E-state index is 13.7. The summed E-state index contributed by atoms with van der Waals surface area (Å²) in [6.07, 6.45) is 2.12. The second-order valence-electron chi connectivity index (χ2n) is 4.42. The van der Waals surface area contributed by atoms with Gasteiger partial charge < -0.3 is 4.90 Å². The zero-order valence-electron chi connectivity index (χ0n) is 8.59. The van der Waals surface area contributed by atoms with Gasteiger partial charge in [0.25, 0.3) is 5.91 Å². The number of carbonyl (C=O) groups excluding carboxylic acids is 1. The number of hydrogen-bond donors (Lipinski definition) is 0. The third kappa shape index (κ3) is 1.19. The molecule has 1 aromatic carbocycles. The Balaban J connectivity index is 2.19. The molecule has 3 rings (SSSR count). The first-order chi connectivity index (χ1) is 7.18. The molecule has 1 aliphatic heterocycles. The highest BCUT2D eigenvalue weighted by Crippen LogP contribution is 2.45. The summed E-state index contributed by atoms with van der Waals surface area (Å²) in [4.78, 5) is 13.4. The summed E-state index contributed by atoms with van der Waals surface area (Å²) in [5, 5.41) is 0. The minimum Gasteiger partial charge on any atom is -0.337 e. The molecule has 78 valence electrons. The van der Waals surface area contributed by atoms with Crippen molar-refractivity contribution in [2.75, 3.05) is 7.05 Å². The zero-order chi connectivity index (χ0) is 10.6. The van der Waals surface area contributed by atoms with Crippen LogP contribution in [0.1, 0.15) is 40.2 Å². The number of nitrogens with zero attached hydrogens (tertiary/aromatic N) is 1. The van der Waals surface area contributed by atoms with Gasteiger partial charge in [-0.05, 0) is 42.0 Å². The minimum atomic E-state index is -0.139. The molecule has 2 nitrogen and oxygen atoms in total. The van der Waals surface area contributed by atoms with E-state index >= 15 is 0 Å². The van der Waals surface area contributed by atoms with Gasteiger partial charge in [0.1, 0.15) is 5.82 Å². The number of rotatable bonds is 1. The van der Waals surface area contributed by atoms with E-state index in [0.29, 0.717) is 18.0 Å². The summed E-state index contributed by atoms with van der Waals surface area (Å²) in [6, 6.07) is 3.05. The first-order valence-electron chi connectivity index (χ1n) is 5.25. The lowest BCUT2D eigenvalue weighted by Crippen LogP contribution is -2.17. The van der Waals surface area contributed by atoms with Gasteiger partial charge in [0.15, 0.2) is 0 Å². The molecular weight excluding hydrogens is 193 g/mol. The molecule has 15 heavy (non-hydrogen) atoms. The Morgan fingerprint density at radius 3 is 2.80 bits per heavy atom. The quantitative estimate of drug-likeness (QED) is 0.688. The highest BCUT2D eigenvalue weighted by Gasteiger charge is 2.35. The van der Waals surface area contributed by atoms with Crippen LogP contribution in [0.2, 0.25) is 0 Å². The van der Waals surface area contributed by atoms with Crippen LogP contribution in [0.5, 0.6) is 0 Å². The number of halogens is 1. The Labute approximate surface area is 87.7 Å². The van der Waals surface area contributed by atoms with Crippen LogP contribution in [0.4, 0.5) is 4.39 Å². The summed E-state index contributed by atoms with van der Waals surface area (Å²) >= 11 is 0. The number of amides is 1. The van der Waals surface area contributed by atoms with Gasteiger partial charge >= 0.3 is 0 Å². The molecular formula is C12H12FNO. The highest BCUT2D eigenvalue weighted by atomic mass is 19.1. The molecule has 0 saturated heterocycles. The molecule has 1 fully saturated rings. The van der Waals surface area contributed by atoms with Crippen molar-refractivity contribution in [2.45, 2.75) is 25.3 Å². The summed E-state index contributed by atoms with van der Waals surface area (Å²) < 4.78 is 13.7. The van der Waals surface area contributed by atoms with E-state index in [1.165, 1.54) is 6.07 Å². The fraction of sp³-hybridized carbons (Fsp3) is 0.417. The standard InChI is InChI=1S/C12H12FNO/c1-14-6-9-8(12(14)15)4-5-10(13)11(9)7-2-3-7/h4-5,7H,2-3,6H2,1H3. The summed E-state index contributed by atoms with van der Waals surface area (Å²) in [6.45, 7) is 0.567. The number of fused-ring (bicyclic) bond motifs is 1. The van der Waals surface area contributed by atoms with E-state index in [2.05, 4.69) is 0 Å². The van der Waals surface area contributed by atoms with E-state index in [9.17, 15) is 9.18 Å². The maximum Gasteiger partial charge on any atom is 0.254 e. The predicted molar refractivity (Wildman–Crippen MR) is 54.2 cm³/mol. The molecule has 0 radical (unpaired) electrons. The van der Waals surface area contributed by atoms with Gasteiger partial charge in [0.05, 0.1) is 0 Å². The Hall–Kier alpha value is -1.38. The third-order valence-electron chi connectivity index (χ3n) is 3.26. The van der Waals surface area contributed by atoms with E-state index in [0.717, 1.165) is 24.0 Å². The molecule has 1 aliphatic carbocycles. The third-order valence-corrected chi connectivity index (χ3v) is 3.26. The van der Waals surface area contributed by atoms with E-state index in [4.69, 9.17) is 0 Å². The second-order valence-corrected chi connectivity index (χ2v) is 4.42.